The van der Waals surface area contributed by atoms with Crippen molar-refractivity contribution < 1.29 is 17.9 Å². The lowest BCUT2D eigenvalue weighted by atomic mass is 9.81. The average Bonchev–Trinajstić information content (AvgIpc) is 2.82. The van der Waals surface area contributed by atoms with E-state index in [4.69, 9.17) is 9.47 Å². The van der Waals surface area contributed by atoms with Gasteiger partial charge in [-0.2, -0.15) is 4.31 Å². The van der Waals surface area contributed by atoms with Crippen LogP contribution in [-0.4, -0.2) is 33.5 Å². The second-order valence-electron chi connectivity index (χ2n) is 8.11. The maximum absolute atomic E-state index is 13.8. The highest BCUT2D eigenvalue weighted by atomic mass is 32.2. The van der Waals surface area contributed by atoms with Gasteiger partial charge in [0, 0.05) is 12.5 Å². The number of methoxy groups -OCH3 is 2. The van der Waals surface area contributed by atoms with Crippen molar-refractivity contribution in [3.63, 3.8) is 0 Å². The fourth-order valence-corrected chi connectivity index (χ4v) is 6.26. The molecule has 0 fully saturated rings. The normalized spacial score (nSPS) is 18.8. The summed E-state index contributed by atoms with van der Waals surface area (Å²) in [6, 6.07) is 20.8. The first kappa shape index (κ1) is 22.4. The molecule has 6 heteroatoms. The van der Waals surface area contributed by atoms with Crippen molar-refractivity contribution in [2.75, 3.05) is 20.8 Å². The monoisotopic (exact) mass is 451 g/mol. The summed E-state index contributed by atoms with van der Waals surface area (Å²) in [7, 11) is -0.476. The third-order valence-corrected chi connectivity index (χ3v) is 8.14. The van der Waals surface area contributed by atoms with Crippen LogP contribution < -0.4 is 9.47 Å². The van der Waals surface area contributed by atoms with Crippen LogP contribution in [0.2, 0.25) is 0 Å². The van der Waals surface area contributed by atoms with E-state index in [1.54, 1.807) is 30.7 Å². The van der Waals surface area contributed by atoms with Crippen LogP contribution in [0.4, 0.5) is 0 Å². The maximum atomic E-state index is 13.8. The van der Waals surface area contributed by atoms with Gasteiger partial charge in [-0.3, -0.25) is 0 Å². The van der Waals surface area contributed by atoms with Gasteiger partial charge in [0.15, 0.2) is 11.5 Å². The van der Waals surface area contributed by atoms with E-state index < -0.39 is 10.0 Å². The molecule has 168 valence electrons. The van der Waals surface area contributed by atoms with E-state index in [9.17, 15) is 8.42 Å². The van der Waals surface area contributed by atoms with Crippen molar-refractivity contribution in [3.8, 4) is 11.5 Å². The zero-order valence-corrected chi connectivity index (χ0v) is 19.7. The van der Waals surface area contributed by atoms with Gasteiger partial charge < -0.3 is 9.47 Å². The summed E-state index contributed by atoms with van der Waals surface area (Å²) in [4.78, 5) is 0.317. The molecule has 2 atom stereocenters. The Morgan fingerprint density at radius 1 is 0.906 bits per heavy atom. The fourth-order valence-electron chi connectivity index (χ4n) is 4.57. The Bertz CT molecular complexity index is 1190. The predicted molar refractivity (Wildman–Crippen MR) is 126 cm³/mol. The van der Waals surface area contributed by atoms with Gasteiger partial charge in [-0.05, 0) is 54.3 Å². The second kappa shape index (κ2) is 8.96. The number of rotatable bonds is 6. The Morgan fingerprint density at radius 2 is 1.50 bits per heavy atom. The molecule has 0 saturated carbocycles. The summed E-state index contributed by atoms with van der Waals surface area (Å²) in [5, 5.41) is 0. The molecule has 4 rings (SSSR count). The van der Waals surface area contributed by atoms with Crippen molar-refractivity contribution in [1.29, 1.82) is 0 Å². The van der Waals surface area contributed by atoms with Crippen LogP contribution in [0.1, 0.15) is 47.6 Å². The average molecular weight is 452 g/mol. The van der Waals surface area contributed by atoms with Crippen molar-refractivity contribution in [2.45, 2.75) is 37.1 Å². The van der Waals surface area contributed by atoms with E-state index in [1.807, 2.05) is 68.4 Å². The van der Waals surface area contributed by atoms with Crippen LogP contribution in [0.25, 0.3) is 0 Å². The van der Waals surface area contributed by atoms with E-state index in [-0.39, 0.29) is 12.0 Å². The Kier molecular flexibility index (Phi) is 6.26. The van der Waals surface area contributed by atoms with Gasteiger partial charge in [-0.15, -0.1) is 0 Å². The molecule has 5 nitrogen and oxygen atoms in total. The molecule has 0 amide bonds. The van der Waals surface area contributed by atoms with Gasteiger partial charge in [0.1, 0.15) is 0 Å². The smallest absolute Gasteiger partial charge is 0.243 e. The van der Waals surface area contributed by atoms with Gasteiger partial charge in [0.25, 0.3) is 0 Å². The molecule has 1 aliphatic rings. The number of benzene rings is 3. The van der Waals surface area contributed by atoms with E-state index in [0.717, 1.165) is 22.3 Å². The topological polar surface area (TPSA) is 55.8 Å². The first-order chi connectivity index (χ1) is 15.4. The van der Waals surface area contributed by atoms with Gasteiger partial charge in [0.05, 0.1) is 25.2 Å². The molecule has 0 spiro atoms. The highest BCUT2D eigenvalue weighted by Gasteiger charge is 2.40. The predicted octanol–water partition coefficient (Wildman–Crippen LogP) is 5.30. The van der Waals surface area contributed by atoms with Crippen LogP contribution in [0, 0.1) is 6.92 Å². The van der Waals surface area contributed by atoms with Gasteiger partial charge in [-0.25, -0.2) is 8.42 Å². The number of fused-ring (bicyclic) bond motifs is 1. The van der Waals surface area contributed by atoms with Gasteiger partial charge in [-0.1, -0.05) is 55.0 Å². The summed E-state index contributed by atoms with van der Waals surface area (Å²) >= 11 is 0. The molecule has 0 unspecified atom stereocenters. The number of hydrogen-bond acceptors (Lipinski definition) is 4. The van der Waals surface area contributed by atoms with Crippen LogP contribution in [0.5, 0.6) is 11.5 Å². The van der Waals surface area contributed by atoms with Crippen LogP contribution in [0.15, 0.2) is 71.6 Å². The van der Waals surface area contributed by atoms with E-state index in [0.29, 0.717) is 29.4 Å². The van der Waals surface area contributed by atoms with E-state index >= 15 is 0 Å². The summed E-state index contributed by atoms with van der Waals surface area (Å²) in [6.07, 6.45) is 0.648. The van der Waals surface area contributed by atoms with E-state index in [2.05, 4.69) is 0 Å². The summed E-state index contributed by atoms with van der Waals surface area (Å²) in [6.45, 7) is 4.33. The van der Waals surface area contributed by atoms with Crippen molar-refractivity contribution >= 4 is 10.0 Å². The second-order valence-corrected chi connectivity index (χ2v) is 10.0. The Labute approximate surface area is 190 Å². The minimum atomic E-state index is -3.70. The number of ether oxygens (including phenoxy) is 2. The zero-order valence-electron chi connectivity index (χ0n) is 18.9. The number of hydrogen-bond donors (Lipinski definition) is 0. The van der Waals surface area contributed by atoms with Crippen LogP contribution in [-0.2, 0) is 10.0 Å². The largest absolute Gasteiger partial charge is 0.493 e. The maximum Gasteiger partial charge on any atom is 0.243 e. The lowest BCUT2D eigenvalue weighted by Crippen LogP contribution is -2.42. The molecule has 0 bridgehead atoms. The number of sulfonamides is 1. The lowest BCUT2D eigenvalue weighted by Gasteiger charge is -2.40. The molecule has 3 aromatic carbocycles. The van der Waals surface area contributed by atoms with Gasteiger partial charge in [0.2, 0.25) is 10.0 Å². The summed E-state index contributed by atoms with van der Waals surface area (Å²) in [5.41, 5.74) is 4.13. The third-order valence-electron chi connectivity index (χ3n) is 6.25. The Morgan fingerprint density at radius 3 is 2.06 bits per heavy atom. The first-order valence-electron chi connectivity index (χ1n) is 10.8. The molecule has 1 heterocycles. The summed E-state index contributed by atoms with van der Waals surface area (Å²) in [5.74, 6) is 1.14. The molecule has 0 aromatic heterocycles. The van der Waals surface area contributed by atoms with Crippen molar-refractivity contribution in [2.24, 2.45) is 0 Å². The molecule has 0 saturated heterocycles. The molecular formula is C26H29NO4S. The molecule has 32 heavy (non-hydrogen) atoms. The van der Waals surface area contributed by atoms with Crippen molar-refractivity contribution in [3.05, 3.63) is 89.0 Å². The first-order valence-corrected chi connectivity index (χ1v) is 12.2. The molecule has 0 radical (unpaired) electrons. The number of aryl methyl sites for hydroxylation is 1. The highest BCUT2D eigenvalue weighted by Crippen LogP contribution is 2.47. The zero-order chi connectivity index (χ0) is 22.9. The van der Waals surface area contributed by atoms with Crippen molar-refractivity contribution in [1.82, 2.24) is 4.31 Å². The standard InChI is InChI=1S/C26H29NO4S/c1-5-24-22-16-26(31-4)25(30-3)15-21(22)23(19-9-7-6-8-10-19)17-27(24)32(28,29)20-13-11-18(2)12-14-20/h6-16,23-24H,5,17H2,1-4H3/t23-,24+/m1/s1. The Balaban J connectivity index is 1.92. The lowest BCUT2D eigenvalue weighted by molar-refractivity contribution is 0.283. The summed E-state index contributed by atoms with van der Waals surface area (Å²) < 4.78 is 40.4. The highest BCUT2D eigenvalue weighted by molar-refractivity contribution is 7.89. The van der Waals surface area contributed by atoms with Crippen LogP contribution in [0.3, 0.4) is 0 Å². The van der Waals surface area contributed by atoms with Crippen LogP contribution >= 0.6 is 0 Å². The number of nitrogens with zero attached hydrogens (tertiary/aromatic N) is 1. The molecule has 3 aromatic rings. The van der Waals surface area contributed by atoms with Gasteiger partial charge >= 0.3 is 0 Å². The third kappa shape index (κ3) is 3.89. The minimum absolute atomic E-state index is 0.117. The quantitative estimate of drug-likeness (QED) is 0.510. The Hall–Kier alpha value is -2.83. The minimum Gasteiger partial charge on any atom is -0.493 e. The molecule has 1 aliphatic heterocycles. The molecule has 0 N–H and O–H groups in total. The molecule has 0 aliphatic carbocycles. The fraction of sp³-hybridized carbons (Fsp3) is 0.308. The SMILES string of the molecule is CC[C@H]1c2cc(OC)c(OC)cc2[C@@H](c2ccccc2)CN1S(=O)(=O)c1ccc(C)cc1. The van der Waals surface area contributed by atoms with E-state index in [1.165, 1.54) is 0 Å². The molecular weight excluding hydrogens is 422 g/mol.